The monoisotopic (exact) mass is 356 g/mol. The fraction of sp³-hybridized carbons (Fsp3) is 0.500. The lowest BCUT2D eigenvalue weighted by Crippen LogP contribution is -2.42. The van der Waals surface area contributed by atoms with E-state index in [1.807, 2.05) is 37.4 Å². The summed E-state index contributed by atoms with van der Waals surface area (Å²) in [6.45, 7) is 0.917. The molecule has 2 aromatic rings. The predicted molar refractivity (Wildman–Crippen MR) is 87.8 cm³/mol. The fourth-order valence-electron chi connectivity index (χ4n) is 3.06. The third kappa shape index (κ3) is 3.54. The second kappa shape index (κ2) is 6.68. The molecule has 1 aliphatic heterocycles. The minimum Gasteiger partial charge on any atom is -0.303 e. The van der Waals surface area contributed by atoms with Crippen LogP contribution in [0.1, 0.15) is 12.8 Å². The predicted octanol–water partition coefficient (Wildman–Crippen LogP) is 3.85. The second-order valence-electron chi connectivity index (χ2n) is 6.13. The van der Waals surface area contributed by atoms with Crippen LogP contribution in [0.15, 0.2) is 30.3 Å². The maximum absolute atomic E-state index is 12.9. The molecule has 0 saturated carbocycles. The molecule has 8 heteroatoms. The first kappa shape index (κ1) is 17.2. The average Bonchev–Trinajstić information content (AvgIpc) is 2.84. The molecule has 0 unspecified atom stereocenters. The molecule has 1 aliphatic rings. The van der Waals surface area contributed by atoms with Crippen molar-refractivity contribution in [2.24, 2.45) is 13.0 Å². The normalized spacial score (nSPS) is 19.6. The van der Waals surface area contributed by atoms with Crippen LogP contribution in [0.3, 0.4) is 0 Å². The van der Waals surface area contributed by atoms with Gasteiger partial charge in [0.1, 0.15) is 0 Å². The van der Waals surface area contributed by atoms with Crippen LogP contribution in [-0.4, -0.2) is 38.5 Å². The Morgan fingerprint density at radius 3 is 2.62 bits per heavy atom. The van der Waals surface area contributed by atoms with Gasteiger partial charge in [-0.15, -0.1) is 0 Å². The molecule has 0 aliphatic carbocycles. The van der Waals surface area contributed by atoms with Crippen LogP contribution in [0.2, 0.25) is 0 Å². The fourth-order valence-corrected chi connectivity index (χ4v) is 3.24. The average molecular weight is 356 g/mol. The molecule has 0 N–H and O–H groups in total. The van der Waals surface area contributed by atoms with E-state index in [2.05, 4.69) is 5.10 Å². The van der Waals surface area contributed by atoms with Crippen LogP contribution in [-0.2, 0) is 13.7 Å². The lowest BCUT2D eigenvalue weighted by molar-refractivity contribution is -0.188. The first-order valence-electron chi connectivity index (χ1n) is 7.84. The lowest BCUT2D eigenvalue weighted by atomic mass is 9.98. The van der Waals surface area contributed by atoms with Crippen LogP contribution in [0.5, 0.6) is 0 Å². The Labute approximate surface area is 143 Å². The summed E-state index contributed by atoms with van der Waals surface area (Å²) >= 11 is 5.40. The summed E-state index contributed by atoms with van der Waals surface area (Å²) in [6, 6.07) is 9.61. The van der Waals surface area contributed by atoms with Crippen molar-refractivity contribution < 1.29 is 13.2 Å². The summed E-state index contributed by atoms with van der Waals surface area (Å²) in [5, 5.41) is 4.51. The summed E-state index contributed by atoms with van der Waals surface area (Å²) in [4.78, 5) is 1.78. The third-order valence-electron chi connectivity index (χ3n) is 4.38. The van der Waals surface area contributed by atoms with E-state index in [0.29, 0.717) is 23.6 Å². The van der Waals surface area contributed by atoms with E-state index in [4.69, 9.17) is 12.2 Å². The Balaban J connectivity index is 1.80. The summed E-state index contributed by atoms with van der Waals surface area (Å²) < 4.78 is 42.7. The largest absolute Gasteiger partial charge is 0.393 e. The molecule has 0 radical (unpaired) electrons. The first-order valence-corrected chi connectivity index (χ1v) is 8.25. The van der Waals surface area contributed by atoms with Gasteiger partial charge in [0.05, 0.1) is 12.6 Å². The smallest absolute Gasteiger partial charge is 0.303 e. The summed E-state index contributed by atoms with van der Waals surface area (Å²) in [7, 11) is 1.82. The summed E-state index contributed by atoms with van der Waals surface area (Å²) in [5.74, 6) is -0.553. The molecule has 1 atom stereocenters. The summed E-state index contributed by atoms with van der Waals surface area (Å²) in [5.41, 5.74) is 0.927. The Kier molecular flexibility index (Phi) is 4.78. The van der Waals surface area contributed by atoms with Crippen molar-refractivity contribution in [3.8, 4) is 11.4 Å². The van der Waals surface area contributed by atoms with E-state index in [-0.39, 0.29) is 19.6 Å². The maximum Gasteiger partial charge on any atom is 0.393 e. The molecule has 0 bridgehead atoms. The third-order valence-corrected chi connectivity index (χ3v) is 4.86. The Morgan fingerprint density at radius 1 is 1.25 bits per heavy atom. The van der Waals surface area contributed by atoms with Crippen LogP contribution < -0.4 is 0 Å². The molecule has 1 aromatic carbocycles. The molecular formula is C16H19F3N4S. The van der Waals surface area contributed by atoms with Crippen molar-refractivity contribution in [3.63, 3.8) is 0 Å². The van der Waals surface area contributed by atoms with Crippen LogP contribution in [0.4, 0.5) is 13.2 Å². The molecule has 3 rings (SSSR count). The number of benzene rings is 1. The topological polar surface area (TPSA) is 26.0 Å². The minimum atomic E-state index is -4.14. The Hall–Kier alpha value is -1.67. The van der Waals surface area contributed by atoms with E-state index in [1.54, 1.807) is 14.1 Å². The van der Waals surface area contributed by atoms with Crippen molar-refractivity contribution in [1.29, 1.82) is 0 Å². The highest BCUT2D eigenvalue weighted by Crippen LogP contribution is 2.33. The second-order valence-corrected chi connectivity index (χ2v) is 6.50. The van der Waals surface area contributed by atoms with Gasteiger partial charge in [-0.3, -0.25) is 4.90 Å². The number of hydrogen-bond acceptors (Lipinski definition) is 3. The molecule has 1 saturated heterocycles. The molecule has 2 heterocycles. The highest BCUT2D eigenvalue weighted by Gasteiger charge is 2.41. The van der Waals surface area contributed by atoms with Crippen LogP contribution >= 0.6 is 12.2 Å². The number of piperidine rings is 1. The Morgan fingerprint density at radius 2 is 1.96 bits per heavy atom. The van der Waals surface area contributed by atoms with Crippen molar-refractivity contribution in [2.75, 3.05) is 13.1 Å². The van der Waals surface area contributed by atoms with E-state index in [1.165, 1.54) is 0 Å². The van der Waals surface area contributed by atoms with E-state index < -0.39 is 12.1 Å². The number of aromatic nitrogens is 3. The SMILES string of the molecule is Cn1c(-c2ccccc2)nn(CN2CCC[C@H](C(F)(F)F)C2)c1=S. The van der Waals surface area contributed by atoms with Gasteiger partial charge in [-0.1, -0.05) is 30.3 Å². The van der Waals surface area contributed by atoms with Crippen LogP contribution in [0.25, 0.3) is 11.4 Å². The van der Waals surface area contributed by atoms with Crippen molar-refractivity contribution in [2.45, 2.75) is 25.7 Å². The molecule has 24 heavy (non-hydrogen) atoms. The standard InChI is InChI=1S/C16H19F3N4S/c1-21-14(12-6-3-2-4-7-12)20-23(15(21)24)11-22-9-5-8-13(10-22)16(17,18)19/h2-4,6-7,13H,5,8-11H2,1H3/t13-/m0/s1. The van der Waals surface area contributed by atoms with E-state index >= 15 is 0 Å². The minimum absolute atomic E-state index is 0.00250. The zero-order valence-electron chi connectivity index (χ0n) is 13.3. The van der Waals surface area contributed by atoms with Crippen LogP contribution in [0, 0.1) is 10.7 Å². The van der Waals surface area contributed by atoms with E-state index in [0.717, 1.165) is 5.56 Å². The van der Waals surface area contributed by atoms with Gasteiger partial charge in [0, 0.05) is 19.2 Å². The number of hydrogen-bond donors (Lipinski definition) is 0. The number of rotatable bonds is 3. The highest BCUT2D eigenvalue weighted by molar-refractivity contribution is 7.71. The molecular weight excluding hydrogens is 337 g/mol. The van der Waals surface area contributed by atoms with Gasteiger partial charge in [-0.2, -0.15) is 18.3 Å². The number of halogens is 3. The number of nitrogens with zero attached hydrogens (tertiary/aromatic N) is 4. The molecule has 1 aromatic heterocycles. The van der Waals surface area contributed by atoms with Gasteiger partial charge in [0.15, 0.2) is 10.6 Å². The molecule has 4 nitrogen and oxygen atoms in total. The number of likely N-dealkylation sites (tertiary alicyclic amines) is 1. The zero-order chi connectivity index (χ0) is 17.3. The highest BCUT2D eigenvalue weighted by atomic mass is 32.1. The Bertz CT molecular complexity index is 751. The molecule has 1 fully saturated rings. The number of alkyl halides is 3. The zero-order valence-corrected chi connectivity index (χ0v) is 14.1. The quantitative estimate of drug-likeness (QED) is 0.782. The lowest BCUT2D eigenvalue weighted by Gasteiger charge is -2.33. The van der Waals surface area contributed by atoms with Gasteiger partial charge in [-0.05, 0) is 31.6 Å². The van der Waals surface area contributed by atoms with Gasteiger partial charge >= 0.3 is 6.18 Å². The van der Waals surface area contributed by atoms with Gasteiger partial charge in [0.2, 0.25) is 0 Å². The van der Waals surface area contributed by atoms with Gasteiger partial charge in [0.25, 0.3) is 0 Å². The van der Waals surface area contributed by atoms with Gasteiger partial charge in [-0.25, -0.2) is 4.68 Å². The maximum atomic E-state index is 12.9. The van der Waals surface area contributed by atoms with Gasteiger partial charge < -0.3 is 4.57 Å². The van der Waals surface area contributed by atoms with E-state index in [9.17, 15) is 13.2 Å². The van der Waals surface area contributed by atoms with Crippen molar-refractivity contribution in [3.05, 3.63) is 35.1 Å². The van der Waals surface area contributed by atoms with Crippen molar-refractivity contribution in [1.82, 2.24) is 19.2 Å². The summed E-state index contributed by atoms with van der Waals surface area (Å²) in [6.07, 6.45) is -3.40. The van der Waals surface area contributed by atoms with Crippen molar-refractivity contribution >= 4 is 12.2 Å². The first-order chi connectivity index (χ1) is 11.4. The molecule has 130 valence electrons. The molecule has 0 amide bonds. The molecule has 0 spiro atoms.